The molecule has 0 bridgehead atoms. The fraction of sp³-hybridized carbons (Fsp3) is 0.385. The smallest absolute Gasteiger partial charge is 0.260 e. The number of benzene rings is 2. The number of ether oxygens (including phenoxy) is 5. The van der Waals surface area contributed by atoms with Gasteiger partial charge in [-0.15, -0.1) is 0 Å². The second kappa shape index (κ2) is 10.5. The van der Waals surface area contributed by atoms with E-state index in [0.717, 1.165) is 38.8 Å². The monoisotopic (exact) mass is 467 g/mol. The molecule has 0 N–H and O–H groups in total. The fourth-order valence-electron chi connectivity index (χ4n) is 4.15. The van der Waals surface area contributed by atoms with E-state index < -0.39 is 0 Å². The maximum Gasteiger partial charge on any atom is 0.260 e. The molecule has 0 saturated carbocycles. The molecule has 0 atom stereocenters. The van der Waals surface area contributed by atoms with E-state index in [1.807, 2.05) is 4.90 Å². The number of nitrogens with zero attached hydrogens (tertiary/aromatic N) is 1. The third kappa shape index (κ3) is 4.95. The Morgan fingerprint density at radius 3 is 2.26 bits per heavy atom. The van der Waals surface area contributed by atoms with Gasteiger partial charge in [-0.3, -0.25) is 9.59 Å². The molecule has 2 aromatic rings. The maximum atomic E-state index is 12.9. The van der Waals surface area contributed by atoms with Gasteiger partial charge in [-0.1, -0.05) is 12.8 Å². The maximum absolute atomic E-state index is 12.9. The van der Waals surface area contributed by atoms with Crippen molar-refractivity contribution in [1.82, 2.24) is 4.90 Å². The van der Waals surface area contributed by atoms with Crippen LogP contribution < -0.4 is 23.7 Å². The van der Waals surface area contributed by atoms with Crippen LogP contribution in [0.4, 0.5) is 0 Å². The molecule has 0 spiro atoms. The van der Waals surface area contributed by atoms with Gasteiger partial charge >= 0.3 is 0 Å². The van der Waals surface area contributed by atoms with Gasteiger partial charge in [0.05, 0.1) is 26.9 Å². The van der Waals surface area contributed by atoms with Gasteiger partial charge in [0.1, 0.15) is 11.5 Å². The van der Waals surface area contributed by atoms with Crippen LogP contribution in [0.1, 0.15) is 41.6 Å². The van der Waals surface area contributed by atoms with Crippen LogP contribution in [0.5, 0.6) is 28.7 Å². The number of hydrogen-bond donors (Lipinski definition) is 0. The number of fused-ring (bicyclic) bond motifs is 1. The zero-order valence-electron chi connectivity index (χ0n) is 19.7. The first kappa shape index (κ1) is 23.5. The van der Waals surface area contributed by atoms with E-state index in [-0.39, 0.29) is 24.1 Å². The first-order valence-corrected chi connectivity index (χ1v) is 11.3. The van der Waals surface area contributed by atoms with Gasteiger partial charge in [0.25, 0.3) is 5.91 Å². The van der Waals surface area contributed by atoms with Crippen LogP contribution in [0.3, 0.4) is 0 Å². The summed E-state index contributed by atoms with van der Waals surface area (Å²) in [6.07, 6.45) is 6.00. The van der Waals surface area contributed by atoms with Gasteiger partial charge in [0.2, 0.25) is 11.5 Å². The van der Waals surface area contributed by atoms with Crippen molar-refractivity contribution in [3.8, 4) is 28.7 Å². The number of ketones is 1. The SMILES string of the molecule is COc1cc(C=C2Oc3cc(OCC(=O)N4CCCCCC4)ccc3C2=O)cc(OC)c1OC. The molecule has 8 nitrogen and oxygen atoms in total. The number of likely N-dealkylation sites (tertiary alicyclic amines) is 1. The summed E-state index contributed by atoms with van der Waals surface area (Å²) < 4.78 is 27.6. The van der Waals surface area contributed by atoms with Gasteiger partial charge in [-0.05, 0) is 48.7 Å². The van der Waals surface area contributed by atoms with E-state index in [1.54, 1.807) is 36.4 Å². The molecule has 1 saturated heterocycles. The molecule has 0 aliphatic carbocycles. The summed E-state index contributed by atoms with van der Waals surface area (Å²) in [4.78, 5) is 27.2. The van der Waals surface area contributed by atoms with E-state index >= 15 is 0 Å². The summed E-state index contributed by atoms with van der Waals surface area (Å²) >= 11 is 0. The average Bonchev–Trinajstić information content (AvgIpc) is 3.02. The Balaban J connectivity index is 1.48. The second-order valence-corrected chi connectivity index (χ2v) is 8.14. The highest BCUT2D eigenvalue weighted by atomic mass is 16.5. The lowest BCUT2D eigenvalue weighted by Crippen LogP contribution is -2.35. The van der Waals surface area contributed by atoms with Crippen molar-refractivity contribution in [2.24, 2.45) is 0 Å². The minimum Gasteiger partial charge on any atom is -0.493 e. The molecule has 0 aromatic heterocycles. The summed E-state index contributed by atoms with van der Waals surface area (Å²) in [6.45, 7) is 1.51. The Bertz CT molecular complexity index is 1080. The normalized spacial score (nSPS) is 16.5. The molecule has 0 unspecified atom stereocenters. The van der Waals surface area contributed by atoms with Gasteiger partial charge in [-0.25, -0.2) is 0 Å². The standard InChI is InChI=1S/C26H29NO7/c1-30-22-13-17(14-23(31-2)26(22)32-3)12-21-25(29)19-9-8-18(15-20(19)34-21)33-16-24(28)27-10-6-4-5-7-11-27/h8-9,12-15H,4-7,10-11,16H2,1-3H3. The highest BCUT2D eigenvalue weighted by Gasteiger charge is 2.28. The van der Waals surface area contributed by atoms with Crippen molar-refractivity contribution >= 4 is 17.8 Å². The zero-order chi connectivity index (χ0) is 24.1. The Morgan fingerprint density at radius 2 is 1.65 bits per heavy atom. The summed E-state index contributed by atoms with van der Waals surface area (Å²) in [6, 6.07) is 8.44. The topological polar surface area (TPSA) is 83.5 Å². The molecule has 180 valence electrons. The van der Waals surface area contributed by atoms with Gasteiger partial charge in [0, 0.05) is 19.2 Å². The number of amides is 1. The van der Waals surface area contributed by atoms with E-state index in [2.05, 4.69) is 0 Å². The first-order chi connectivity index (χ1) is 16.5. The Morgan fingerprint density at radius 1 is 0.971 bits per heavy atom. The number of allylic oxidation sites excluding steroid dienone is 1. The molecule has 4 rings (SSSR count). The summed E-state index contributed by atoms with van der Waals surface area (Å²) in [5.41, 5.74) is 1.09. The Kier molecular flexibility index (Phi) is 7.25. The lowest BCUT2D eigenvalue weighted by Gasteiger charge is -2.20. The Labute approximate surface area is 199 Å². The van der Waals surface area contributed by atoms with Crippen LogP contribution in [0.15, 0.2) is 36.1 Å². The molecule has 2 aliphatic heterocycles. The number of methoxy groups -OCH3 is 3. The van der Waals surface area contributed by atoms with E-state index in [4.69, 9.17) is 23.7 Å². The number of rotatable bonds is 7. The molecule has 34 heavy (non-hydrogen) atoms. The predicted octanol–water partition coefficient (Wildman–Crippen LogP) is 4.11. The largest absolute Gasteiger partial charge is 0.493 e. The molecule has 1 amide bonds. The molecular weight excluding hydrogens is 438 g/mol. The molecular formula is C26H29NO7. The van der Waals surface area contributed by atoms with Gasteiger partial charge in [0.15, 0.2) is 23.9 Å². The first-order valence-electron chi connectivity index (χ1n) is 11.3. The fourth-order valence-corrected chi connectivity index (χ4v) is 4.15. The molecule has 8 heteroatoms. The molecule has 2 aromatic carbocycles. The van der Waals surface area contributed by atoms with Crippen LogP contribution >= 0.6 is 0 Å². The molecule has 0 radical (unpaired) electrons. The quantitative estimate of drug-likeness (QED) is 0.567. The van der Waals surface area contributed by atoms with Crippen molar-refractivity contribution in [3.05, 3.63) is 47.2 Å². The van der Waals surface area contributed by atoms with Gasteiger partial charge < -0.3 is 28.6 Å². The van der Waals surface area contributed by atoms with Crippen molar-refractivity contribution in [2.75, 3.05) is 41.0 Å². The lowest BCUT2D eigenvalue weighted by atomic mass is 10.1. The van der Waals surface area contributed by atoms with Crippen molar-refractivity contribution in [3.63, 3.8) is 0 Å². The third-order valence-electron chi connectivity index (χ3n) is 5.95. The van der Waals surface area contributed by atoms with Crippen LogP contribution in [0.2, 0.25) is 0 Å². The minimum absolute atomic E-state index is 0.0256. The van der Waals surface area contributed by atoms with Gasteiger partial charge in [-0.2, -0.15) is 0 Å². The predicted molar refractivity (Wildman–Crippen MR) is 126 cm³/mol. The number of hydrogen-bond acceptors (Lipinski definition) is 7. The van der Waals surface area contributed by atoms with Crippen LogP contribution in [0, 0.1) is 0 Å². The lowest BCUT2D eigenvalue weighted by molar-refractivity contribution is -0.133. The molecule has 1 fully saturated rings. The molecule has 2 heterocycles. The van der Waals surface area contributed by atoms with Crippen LogP contribution in [-0.2, 0) is 4.79 Å². The van der Waals surface area contributed by atoms with Crippen molar-refractivity contribution in [1.29, 1.82) is 0 Å². The van der Waals surface area contributed by atoms with Crippen LogP contribution in [-0.4, -0.2) is 57.6 Å². The van der Waals surface area contributed by atoms with Crippen LogP contribution in [0.25, 0.3) is 6.08 Å². The summed E-state index contributed by atoms with van der Waals surface area (Å²) in [7, 11) is 4.58. The highest BCUT2D eigenvalue weighted by Crippen LogP contribution is 2.40. The van der Waals surface area contributed by atoms with E-state index in [1.165, 1.54) is 21.3 Å². The average molecular weight is 468 g/mol. The number of carbonyl (C=O) groups excluding carboxylic acids is 2. The van der Waals surface area contributed by atoms with E-state index in [0.29, 0.717) is 39.9 Å². The molecule has 2 aliphatic rings. The highest BCUT2D eigenvalue weighted by molar-refractivity contribution is 6.14. The summed E-state index contributed by atoms with van der Waals surface area (Å²) in [5, 5.41) is 0. The zero-order valence-corrected chi connectivity index (χ0v) is 19.7. The second-order valence-electron chi connectivity index (χ2n) is 8.14. The number of Topliss-reactive ketones (excluding diaryl/α,β-unsaturated/α-hetero) is 1. The minimum atomic E-state index is -0.240. The van der Waals surface area contributed by atoms with Crippen molar-refractivity contribution in [2.45, 2.75) is 25.7 Å². The van der Waals surface area contributed by atoms with Crippen molar-refractivity contribution < 1.29 is 33.3 Å². The number of carbonyl (C=O) groups is 2. The Hall–Kier alpha value is -3.68. The third-order valence-corrected chi connectivity index (χ3v) is 5.95. The van der Waals surface area contributed by atoms with E-state index in [9.17, 15) is 9.59 Å². The summed E-state index contributed by atoms with van der Waals surface area (Å²) in [5.74, 6) is 2.18.